The summed E-state index contributed by atoms with van der Waals surface area (Å²) in [5.41, 5.74) is 4.75. The Kier molecular flexibility index (Phi) is 3.28. The number of aromatic nitrogens is 1. The molecule has 0 radical (unpaired) electrons. The van der Waals surface area contributed by atoms with Gasteiger partial charge < -0.3 is 0 Å². The fraction of sp³-hybridized carbons (Fsp3) is 0.0500. The van der Waals surface area contributed by atoms with Crippen molar-refractivity contribution in [2.24, 2.45) is 0 Å². The maximum Gasteiger partial charge on any atom is 0.0743 e. The summed E-state index contributed by atoms with van der Waals surface area (Å²) in [6.45, 7) is 0. The Balaban J connectivity index is 1.75. The molecule has 3 aromatic rings. The normalized spacial score (nSPS) is 17.0. The second kappa shape index (κ2) is 5.43. The third kappa shape index (κ3) is 2.34. The Hall–Kier alpha value is -2.38. The maximum absolute atomic E-state index is 5.96. The number of fused-ring (bicyclic) bond motifs is 1. The van der Waals surface area contributed by atoms with Gasteiger partial charge in [-0.1, -0.05) is 66.2 Å². The van der Waals surface area contributed by atoms with E-state index in [2.05, 4.69) is 59.6 Å². The SMILES string of the molecule is Clc1ccc(C2=CC(c3cccc4cccnc34)C=C2)cc1. The average molecular weight is 304 g/mol. The molecular formula is C20H14ClN. The molecule has 4 rings (SSSR count). The van der Waals surface area contributed by atoms with E-state index in [0.29, 0.717) is 0 Å². The minimum absolute atomic E-state index is 0.268. The van der Waals surface area contributed by atoms with Crippen molar-refractivity contribution in [3.05, 3.63) is 95.2 Å². The van der Waals surface area contributed by atoms with E-state index in [-0.39, 0.29) is 5.92 Å². The lowest BCUT2D eigenvalue weighted by molar-refractivity contribution is 1.11. The van der Waals surface area contributed by atoms with E-state index in [1.54, 1.807) is 0 Å². The number of pyridine rings is 1. The quantitative estimate of drug-likeness (QED) is 0.598. The first-order valence-electron chi connectivity index (χ1n) is 7.31. The third-order valence-corrected chi connectivity index (χ3v) is 4.29. The molecule has 0 saturated carbocycles. The van der Waals surface area contributed by atoms with Crippen LogP contribution in [0.4, 0.5) is 0 Å². The Bertz CT molecular complexity index is 886. The smallest absolute Gasteiger partial charge is 0.0743 e. The van der Waals surface area contributed by atoms with Crippen LogP contribution in [0, 0.1) is 0 Å². The molecule has 1 unspecified atom stereocenters. The van der Waals surface area contributed by atoms with Crippen LogP contribution in [0.2, 0.25) is 5.02 Å². The molecule has 1 atom stereocenters. The summed E-state index contributed by atoms with van der Waals surface area (Å²) in [6.07, 6.45) is 8.55. The predicted molar refractivity (Wildman–Crippen MR) is 93.1 cm³/mol. The maximum atomic E-state index is 5.96. The van der Waals surface area contributed by atoms with E-state index < -0.39 is 0 Å². The highest BCUT2D eigenvalue weighted by molar-refractivity contribution is 6.30. The van der Waals surface area contributed by atoms with Gasteiger partial charge in [-0.2, -0.15) is 0 Å². The fourth-order valence-electron chi connectivity index (χ4n) is 2.94. The molecule has 1 nitrogen and oxygen atoms in total. The third-order valence-electron chi connectivity index (χ3n) is 4.04. The van der Waals surface area contributed by atoms with Crippen molar-refractivity contribution in [1.82, 2.24) is 4.98 Å². The number of nitrogens with zero attached hydrogens (tertiary/aromatic N) is 1. The van der Waals surface area contributed by atoms with E-state index in [9.17, 15) is 0 Å². The summed E-state index contributed by atoms with van der Waals surface area (Å²) in [7, 11) is 0. The van der Waals surface area contributed by atoms with Crippen LogP contribution < -0.4 is 0 Å². The molecule has 2 heteroatoms. The topological polar surface area (TPSA) is 12.9 Å². The highest BCUT2D eigenvalue weighted by atomic mass is 35.5. The second-order valence-corrected chi connectivity index (χ2v) is 5.87. The largest absolute Gasteiger partial charge is 0.256 e. The van der Waals surface area contributed by atoms with E-state index in [1.165, 1.54) is 22.1 Å². The number of benzene rings is 2. The van der Waals surface area contributed by atoms with Crippen molar-refractivity contribution in [3.8, 4) is 0 Å². The van der Waals surface area contributed by atoms with Crippen LogP contribution in [0.5, 0.6) is 0 Å². The summed E-state index contributed by atoms with van der Waals surface area (Å²) >= 11 is 5.96. The van der Waals surface area contributed by atoms with Crippen molar-refractivity contribution in [2.45, 2.75) is 5.92 Å². The molecule has 0 amide bonds. The highest BCUT2D eigenvalue weighted by Gasteiger charge is 2.15. The van der Waals surface area contributed by atoms with E-state index in [0.717, 1.165) is 10.5 Å². The molecule has 1 aliphatic rings. The number of halogens is 1. The molecule has 0 N–H and O–H groups in total. The van der Waals surface area contributed by atoms with Gasteiger partial charge in [-0.3, -0.25) is 4.98 Å². The summed E-state index contributed by atoms with van der Waals surface area (Å²) in [5.74, 6) is 0.268. The average Bonchev–Trinajstić information content (AvgIpc) is 3.05. The Morgan fingerprint density at radius 2 is 1.73 bits per heavy atom. The molecule has 0 saturated heterocycles. The van der Waals surface area contributed by atoms with E-state index >= 15 is 0 Å². The molecule has 2 aromatic carbocycles. The molecule has 0 fully saturated rings. The first-order valence-corrected chi connectivity index (χ1v) is 7.69. The monoisotopic (exact) mass is 303 g/mol. The molecule has 1 aromatic heterocycles. The minimum Gasteiger partial charge on any atom is -0.256 e. The van der Waals surface area contributed by atoms with Crippen molar-refractivity contribution in [3.63, 3.8) is 0 Å². The summed E-state index contributed by atoms with van der Waals surface area (Å²) in [5, 5.41) is 1.95. The van der Waals surface area contributed by atoms with Crippen LogP contribution in [-0.2, 0) is 0 Å². The number of hydrogen-bond acceptors (Lipinski definition) is 1. The van der Waals surface area contributed by atoms with Gasteiger partial charge in [0.15, 0.2) is 0 Å². The number of allylic oxidation sites excluding steroid dienone is 4. The number of rotatable bonds is 2. The number of para-hydroxylation sites is 1. The van der Waals surface area contributed by atoms with Gasteiger partial charge in [0.1, 0.15) is 0 Å². The minimum atomic E-state index is 0.268. The lowest BCUT2D eigenvalue weighted by atomic mass is 9.97. The zero-order valence-electron chi connectivity index (χ0n) is 11.9. The zero-order chi connectivity index (χ0) is 14.9. The summed E-state index contributed by atoms with van der Waals surface area (Å²) < 4.78 is 0. The van der Waals surface area contributed by atoms with Crippen LogP contribution in [-0.4, -0.2) is 4.98 Å². The lowest BCUT2D eigenvalue weighted by Crippen LogP contribution is -1.92. The van der Waals surface area contributed by atoms with Crippen LogP contribution in [0.25, 0.3) is 16.5 Å². The second-order valence-electron chi connectivity index (χ2n) is 5.44. The van der Waals surface area contributed by atoms with Crippen molar-refractivity contribution < 1.29 is 0 Å². The first kappa shape index (κ1) is 13.3. The van der Waals surface area contributed by atoms with Gasteiger partial charge in [0, 0.05) is 22.5 Å². The molecule has 1 heterocycles. The molecule has 1 aliphatic carbocycles. The van der Waals surface area contributed by atoms with E-state index in [4.69, 9.17) is 11.6 Å². The summed E-state index contributed by atoms with van der Waals surface area (Å²) in [4.78, 5) is 4.55. The first-order chi connectivity index (χ1) is 10.8. The Morgan fingerprint density at radius 3 is 2.59 bits per heavy atom. The molecule has 106 valence electrons. The van der Waals surface area contributed by atoms with Crippen molar-refractivity contribution in [2.75, 3.05) is 0 Å². The van der Waals surface area contributed by atoms with Gasteiger partial charge in [-0.25, -0.2) is 0 Å². The molecule has 0 aliphatic heterocycles. The predicted octanol–water partition coefficient (Wildman–Crippen LogP) is 5.63. The van der Waals surface area contributed by atoms with Crippen molar-refractivity contribution >= 4 is 28.1 Å². The van der Waals surface area contributed by atoms with Crippen molar-refractivity contribution in [1.29, 1.82) is 0 Å². The van der Waals surface area contributed by atoms with Crippen LogP contribution >= 0.6 is 11.6 Å². The lowest BCUT2D eigenvalue weighted by Gasteiger charge is -2.09. The van der Waals surface area contributed by atoms with E-state index in [1.807, 2.05) is 24.4 Å². The van der Waals surface area contributed by atoms with Gasteiger partial charge in [0.2, 0.25) is 0 Å². The van der Waals surface area contributed by atoms with Crippen LogP contribution in [0.15, 0.2) is 79.0 Å². The molecule has 22 heavy (non-hydrogen) atoms. The van der Waals surface area contributed by atoms with Gasteiger partial charge in [-0.05, 0) is 34.9 Å². The van der Waals surface area contributed by atoms with Gasteiger partial charge >= 0.3 is 0 Å². The molecule has 0 bridgehead atoms. The molecular weight excluding hydrogens is 290 g/mol. The molecule has 0 spiro atoms. The summed E-state index contributed by atoms with van der Waals surface area (Å²) in [6, 6.07) is 18.4. The fourth-order valence-corrected chi connectivity index (χ4v) is 3.06. The van der Waals surface area contributed by atoms with Gasteiger partial charge in [0.05, 0.1) is 5.52 Å². The van der Waals surface area contributed by atoms with Crippen LogP contribution in [0.3, 0.4) is 0 Å². The van der Waals surface area contributed by atoms with Gasteiger partial charge in [-0.15, -0.1) is 0 Å². The van der Waals surface area contributed by atoms with Crippen LogP contribution in [0.1, 0.15) is 17.0 Å². The Morgan fingerprint density at radius 1 is 0.909 bits per heavy atom. The standard InChI is InChI=1S/C20H14ClN/c21-18-10-8-14(9-11-18)16-6-7-17(13-16)19-5-1-3-15-4-2-12-22-20(15)19/h1-13,17H. The highest BCUT2D eigenvalue weighted by Crippen LogP contribution is 2.34. The number of hydrogen-bond donors (Lipinski definition) is 0. The van der Waals surface area contributed by atoms with Gasteiger partial charge in [0.25, 0.3) is 0 Å². The zero-order valence-corrected chi connectivity index (χ0v) is 12.7. The Labute approximate surface area is 134 Å².